The summed E-state index contributed by atoms with van der Waals surface area (Å²) < 4.78 is 19.1. The van der Waals surface area contributed by atoms with Crippen LogP contribution in [0, 0.1) is 5.82 Å². The van der Waals surface area contributed by atoms with Gasteiger partial charge in [0.25, 0.3) is 0 Å². The van der Waals surface area contributed by atoms with E-state index in [1.807, 2.05) is 19.1 Å². The Morgan fingerprint density at radius 1 is 1.27 bits per heavy atom. The van der Waals surface area contributed by atoms with Gasteiger partial charge in [-0.15, -0.1) is 0 Å². The first-order chi connectivity index (χ1) is 12.4. The highest BCUT2D eigenvalue weighted by atomic mass is 19.1. The van der Waals surface area contributed by atoms with E-state index in [4.69, 9.17) is 10.5 Å². The monoisotopic (exact) mass is 356 g/mol. The van der Waals surface area contributed by atoms with Crippen molar-refractivity contribution in [1.29, 1.82) is 0 Å². The Hall–Kier alpha value is -2.82. The molecule has 0 radical (unpaired) electrons. The number of benzene rings is 1. The fourth-order valence-corrected chi connectivity index (χ4v) is 2.59. The molecular formula is C21H25FN2O2. The molecule has 0 fully saturated rings. The van der Waals surface area contributed by atoms with Crippen LogP contribution in [0.4, 0.5) is 4.39 Å². The number of halogens is 1. The van der Waals surface area contributed by atoms with Crippen LogP contribution in [0.25, 0.3) is 5.57 Å². The number of rotatable bonds is 6. The molecule has 0 saturated heterocycles. The smallest absolute Gasteiger partial charge is 0.225 e. The van der Waals surface area contributed by atoms with Crippen LogP contribution in [0.1, 0.15) is 25.3 Å². The molecule has 0 atom stereocenters. The molecule has 1 aliphatic carbocycles. The molecule has 4 nitrogen and oxygen atoms in total. The average Bonchev–Trinajstić information content (AvgIpc) is 2.62. The van der Waals surface area contributed by atoms with E-state index >= 15 is 0 Å². The maximum absolute atomic E-state index is 13.2. The lowest BCUT2D eigenvalue weighted by molar-refractivity contribution is -0.129. The molecule has 0 aromatic heterocycles. The highest BCUT2D eigenvalue weighted by molar-refractivity contribution is 5.79. The van der Waals surface area contributed by atoms with Gasteiger partial charge in [-0.25, -0.2) is 4.39 Å². The number of carbonyl (C=O) groups is 1. The predicted octanol–water partition coefficient (Wildman–Crippen LogP) is 3.78. The van der Waals surface area contributed by atoms with Gasteiger partial charge in [-0.2, -0.15) is 0 Å². The fourth-order valence-electron chi connectivity index (χ4n) is 2.59. The average molecular weight is 356 g/mol. The third-order valence-corrected chi connectivity index (χ3v) is 4.14. The Bertz CT molecular complexity index is 772. The number of hydrogen-bond donors (Lipinski definition) is 1. The lowest BCUT2D eigenvalue weighted by atomic mass is 9.92. The normalized spacial score (nSPS) is 16.2. The lowest BCUT2D eigenvalue weighted by Crippen LogP contribution is -2.22. The number of allylic oxidation sites excluding steroid dienone is 6. The third kappa shape index (κ3) is 5.34. The Morgan fingerprint density at radius 3 is 2.58 bits per heavy atom. The van der Waals surface area contributed by atoms with Gasteiger partial charge >= 0.3 is 0 Å². The summed E-state index contributed by atoms with van der Waals surface area (Å²) in [6.07, 6.45) is 8.28. The SMILES string of the molecule is CC(/C=C\N)=C1\C=C(c2ccc(F)cc2)C=C(OCCC(=O)N(C)C)C1. The van der Waals surface area contributed by atoms with Crippen LogP contribution in [0.2, 0.25) is 0 Å². The highest BCUT2D eigenvalue weighted by Gasteiger charge is 2.14. The van der Waals surface area contributed by atoms with Gasteiger partial charge in [0.2, 0.25) is 5.91 Å². The quantitative estimate of drug-likeness (QED) is 0.844. The van der Waals surface area contributed by atoms with E-state index in [-0.39, 0.29) is 11.7 Å². The first-order valence-corrected chi connectivity index (χ1v) is 8.50. The number of ether oxygens (including phenoxy) is 1. The first-order valence-electron chi connectivity index (χ1n) is 8.50. The van der Waals surface area contributed by atoms with Crippen LogP contribution < -0.4 is 5.73 Å². The molecule has 2 rings (SSSR count). The van der Waals surface area contributed by atoms with Gasteiger partial charge in [0.1, 0.15) is 11.6 Å². The predicted molar refractivity (Wildman–Crippen MR) is 102 cm³/mol. The summed E-state index contributed by atoms with van der Waals surface area (Å²) in [6, 6.07) is 6.35. The van der Waals surface area contributed by atoms with Crippen molar-refractivity contribution in [2.75, 3.05) is 20.7 Å². The van der Waals surface area contributed by atoms with Crippen molar-refractivity contribution in [3.8, 4) is 0 Å². The Kier molecular flexibility index (Phi) is 6.78. The van der Waals surface area contributed by atoms with Crippen LogP contribution in [0.5, 0.6) is 0 Å². The second-order valence-electron chi connectivity index (χ2n) is 6.35. The van der Waals surface area contributed by atoms with E-state index in [9.17, 15) is 9.18 Å². The molecule has 2 N–H and O–H groups in total. The molecule has 138 valence electrons. The summed E-state index contributed by atoms with van der Waals surface area (Å²) in [5, 5.41) is 0. The summed E-state index contributed by atoms with van der Waals surface area (Å²) in [6.45, 7) is 2.30. The zero-order chi connectivity index (χ0) is 19.1. The van der Waals surface area contributed by atoms with E-state index in [2.05, 4.69) is 6.08 Å². The molecule has 0 spiro atoms. The van der Waals surface area contributed by atoms with E-state index in [0.717, 1.165) is 28.0 Å². The summed E-state index contributed by atoms with van der Waals surface area (Å²) in [5.74, 6) is 0.526. The van der Waals surface area contributed by atoms with Crippen molar-refractivity contribution < 1.29 is 13.9 Å². The van der Waals surface area contributed by atoms with E-state index < -0.39 is 0 Å². The number of hydrogen-bond acceptors (Lipinski definition) is 3. The van der Waals surface area contributed by atoms with Gasteiger partial charge < -0.3 is 15.4 Å². The molecule has 1 aliphatic rings. The molecule has 0 heterocycles. The minimum atomic E-state index is -0.272. The zero-order valence-electron chi connectivity index (χ0n) is 15.5. The van der Waals surface area contributed by atoms with Gasteiger partial charge in [0, 0.05) is 20.5 Å². The van der Waals surface area contributed by atoms with Crippen molar-refractivity contribution in [3.63, 3.8) is 0 Å². The van der Waals surface area contributed by atoms with Crippen LogP contribution in [0.15, 0.2) is 65.6 Å². The van der Waals surface area contributed by atoms with Crippen LogP contribution in [-0.2, 0) is 9.53 Å². The molecule has 26 heavy (non-hydrogen) atoms. The van der Waals surface area contributed by atoms with Gasteiger partial charge in [0.05, 0.1) is 13.0 Å². The minimum Gasteiger partial charge on any atom is -0.497 e. The van der Waals surface area contributed by atoms with Crippen molar-refractivity contribution in [2.24, 2.45) is 5.73 Å². The summed E-state index contributed by atoms with van der Waals surface area (Å²) in [4.78, 5) is 13.3. The maximum Gasteiger partial charge on any atom is 0.225 e. The van der Waals surface area contributed by atoms with Crippen molar-refractivity contribution in [1.82, 2.24) is 4.90 Å². The molecular weight excluding hydrogens is 331 g/mol. The summed E-state index contributed by atoms with van der Waals surface area (Å²) in [5.41, 5.74) is 9.45. The van der Waals surface area contributed by atoms with Gasteiger partial charge in [-0.05, 0) is 59.7 Å². The number of amides is 1. The van der Waals surface area contributed by atoms with E-state index in [1.165, 1.54) is 18.3 Å². The van der Waals surface area contributed by atoms with Crippen molar-refractivity contribution in [3.05, 3.63) is 77.0 Å². The molecule has 1 amide bonds. The van der Waals surface area contributed by atoms with E-state index in [1.54, 1.807) is 31.1 Å². The number of carbonyl (C=O) groups excluding carboxylic acids is 1. The fraction of sp³-hybridized carbons (Fsp3) is 0.286. The molecule has 1 aromatic carbocycles. The summed E-state index contributed by atoms with van der Waals surface area (Å²) >= 11 is 0. The molecule has 0 unspecified atom stereocenters. The van der Waals surface area contributed by atoms with Crippen LogP contribution in [-0.4, -0.2) is 31.5 Å². The number of nitrogens with two attached hydrogens (primary N) is 1. The Morgan fingerprint density at radius 2 is 1.96 bits per heavy atom. The summed E-state index contributed by atoms with van der Waals surface area (Å²) in [7, 11) is 3.45. The molecule has 1 aromatic rings. The standard InChI is InChI=1S/C21H25FN2O2/c1-15(8-10-23)17-12-18(16-4-6-19(22)7-5-16)14-20(13-17)26-11-9-21(25)24(2)3/h4-8,10,12,14H,9,11,13,23H2,1-3H3/b10-8-,17-15-. The molecule has 5 heteroatoms. The topological polar surface area (TPSA) is 55.6 Å². The maximum atomic E-state index is 13.2. The molecule has 0 saturated carbocycles. The van der Waals surface area contributed by atoms with Crippen LogP contribution in [0.3, 0.4) is 0 Å². The number of nitrogens with zero attached hydrogens (tertiary/aromatic N) is 1. The largest absolute Gasteiger partial charge is 0.497 e. The molecule has 0 aliphatic heterocycles. The first kappa shape index (κ1) is 19.5. The minimum absolute atomic E-state index is 0.0220. The third-order valence-electron chi connectivity index (χ3n) is 4.14. The van der Waals surface area contributed by atoms with Gasteiger partial charge in [-0.1, -0.05) is 18.2 Å². The van der Waals surface area contributed by atoms with Crippen LogP contribution >= 0.6 is 0 Å². The Labute approximate surface area is 154 Å². The van der Waals surface area contributed by atoms with Gasteiger partial charge in [-0.3, -0.25) is 4.79 Å². The van der Waals surface area contributed by atoms with E-state index in [0.29, 0.717) is 19.4 Å². The lowest BCUT2D eigenvalue weighted by Gasteiger charge is -2.19. The zero-order valence-corrected chi connectivity index (χ0v) is 15.5. The van der Waals surface area contributed by atoms with Crippen molar-refractivity contribution in [2.45, 2.75) is 19.8 Å². The van der Waals surface area contributed by atoms with Crippen molar-refractivity contribution >= 4 is 11.5 Å². The second-order valence-corrected chi connectivity index (χ2v) is 6.35. The Balaban J connectivity index is 2.24. The second kappa shape index (κ2) is 9.04. The van der Waals surface area contributed by atoms with Gasteiger partial charge in [0.15, 0.2) is 0 Å². The molecule has 0 bridgehead atoms. The highest BCUT2D eigenvalue weighted by Crippen LogP contribution is 2.31.